The fourth-order valence-electron chi connectivity index (χ4n) is 4.83. The van der Waals surface area contributed by atoms with E-state index in [2.05, 4.69) is 13.8 Å². The second-order valence-electron chi connectivity index (χ2n) is 10.7. The van der Waals surface area contributed by atoms with Gasteiger partial charge in [-0.1, -0.05) is 142 Å². The van der Waals surface area contributed by atoms with Crippen molar-refractivity contribution in [1.82, 2.24) is 0 Å². The zero-order valence-corrected chi connectivity index (χ0v) is 23.5. The van der Waals surface area contributed by atoms with E-state index in [4.69, 9.17) is 4.74 Å². The van der Waals surface area contributed by atoms with Gasteiger partial charge in [0.2, 0.25) is 0 Å². The Kier molecular flexibility index (Phi) is 26.7. The quantitative estimate of drug-likeness (QED) is 0.0859. The molecule has 212 valence electrons. The Balaban J connectivity index is 4.17. The van der Waals surface area contributed by atoms with Gasteiger partial charge in [0, 0.05) is 0 Å². The number of aliphatic hydroxyl groups is 4. The highest BCUT2D eigenvalue weighted by Crippen LogP contribution is 2.20. The van der Waals surface area contributed by atoms with E-state index in [0.717, 1.165) is 25.7 Å². The molecule has 35 heavy (non-hydrogen) atoms. The monoisotopic (exact) mass is 502 g/mol. The Morgan fingerprint density at radius 1 is 0.429 bits per heavy atom. The van der Waals surface area contributed by atoms with Gasteiger partial charge in [0.25, 0.3) is 0 Å². The molecule has 0 radical (unpaired) electrons. The van der Waals surface area contributed by atoms with Gasteiger partial charge in [-0.05, 0) is 12.8 Å². The lowest BCUT2D eigenvalue weighted by atomic mass is 10.0. The molecule has 0 amide bonds. The number of hydrogen-bond acceptors (Lipinski definition) is 5. The van der Waals surface area contributed by atoms with Crippen LogP contribution in [0.5, 0.6) is 0 Å². The van der Waals surface area contributed by atoms with Crippen LogP contribution in [-0.4, -0.2) is 58.1 Å². The van der Waals surface area contributed by atoms with Crippen molar-refractivity contribution in [3.05, 3.63) is 0 Å². The first-order valence-corrected chi connectivity index (χ1v) is 15.3. The van der Waals surface area contributed by atoms with Gasteiger partial charge < -0.3 is 25.2 Å². The minimum absolute atomic E-state index is 0.345. The molecule has 0 heterocycles. The van der Waals surface area contributed by atoms with Gasteiger partial charge in [0.05, 0.1) is 25.4 Å². The average Bonchev–Trinajstić information content (AvgIpc) is 2.88. The molecule has 4 unspecified atom stereocenters. The zero-order valence-electron chi connectivity index (χ0n) is 23.5. The van der Waals surface area contributed by atoms with E-state index in [0.29, 0.717) is 12.8 Å². The summed E-state index contributed by atoms with van der Waals surface area (Å²) in [4.78, 5) is 0. The number of ether oxygens (including phenoxy) is 1. The lowest BCUT2D eigenvalue weighted by Gasteiger charge is -2.30. The summed E-state index contributed by atoms with van der Waals surface area (Å²) in [7, 11) is 0. The average molecular weight is 503 g/mol. The van der Waals surface area contributed by atoms with Crippen LogP contribution in [0.15, 0.2) is 0 Å². The van der Waals surface area contributed by atoms with Crippen LogP contribution in [0.2, 0.25) is 0 Å². The third-order valence-electron chi connectivity index (χ3n) is 7.27. The molecule has 0 aliphatic rings. The van der Waals surface area contributed by atoms with E-state index in [1.807, 2.05) is 0 Å². The fraction of sp³-hybridized carbons (Fsp3) is 1.00. The van der Waals surface area contributed by atoms with E-state index >= 15 is 0 Å². The Labute approximate surface area is 218 Å². The van der Waals surface area contributed by atoms with Crippen molar-refractivity contribution >= 4 is 0 Å². The standard InChI is InChI=1S/C30H62O5/c1-3-5-7-9-11-13-15-17-19-21-23-29(27(33)25-31)35-30(28(34)26-32)24-22-20-18-16-14-12-10-8-6-4-2/h27-34H,3-26H2,1-2H3. The lowest BCUT2D eigenvalue weighted by Crippen LogP contribution is -2.41. The molecule has 0 bridgehead atoms. The predicted octanol–water partition coefficient (Wildman–Crippen LogP) is 7.07. The van der Waals surface area contributed by atoms with Crippen LogP contribution in [0, 0.1) is 0 Å². The van der Waals surface area contributed by atoms with E-state index in [1.54, 1.807) is 0 Å². The van der Waals surface area contributed by atoms with Crippen LogP contribution in [0.1, 0.15) is 155 Å². The topological polar surface area (TPSA) is 90.2 Å². The van der Waals surface area contributed by atoms with Crippen LogP contribution in [0.3, 0.4) is 0 Å². The summed E-state index contributed by atoms with van der Waals surface area (Å²) in [6, 6.07) is 0. The summed E-state index contributed by atoms with van der Waals surface area (Å²) < 4.78 is 6.10. The van der Waals surface area contributed by atoms with Crippen LogP contribution in [0.4, 0.5) is 0 Å². The zero-order chi connectivity index (χ0) is 26.0. The highest BCUT2D eigenvalue weighted by molar-refractivity contribution is 4.75. The van der Waals surface area contributed by atoms with Crippen molar-refractivity contribution in [2.75, 3.05) is 13.2 Å². The summed E-state index contributed by atoms with van der Waals surface area (Å²) in [5, 5.41) is 39.6. The molecule has 0 aliphatic carbocycles. The van der Waals surface area contributed by atoms with E-state index in [9.17, 15) is 20.4 Å². The Morgan fingerprint density at radius 2 is 0.686 bits per heavy atom. The maximum absolute atomic E-state index is 10.3. The molecule has 5 heteroatoms. The minimum Gasteiger partial charge on any atom is -0.394 e. The van der Waals surface area contributed by atoms with Crippen molar-refractivity contribution in [1.29, 1.82) is 0 Å². The second-order valence-corrected chi connectivity index (χ2v) is 10.7. The molecule has 0 aromatic rings. The van der Waals surface area contributed by atoms with E-state index in [-0.39, 0.29) is 13.2 Å². The Hall–Kier alpha value is -0.200. The summed E-state index contributed by atoms with van der Waals surface area (Å²) in [6.45, 7) is 3.80. The second kappa shape index (κ2) is 26.9. The number of aliphatic hydroxyl groups excluding tert-OH is 4. The smallest absolute Gasteiger partial charge is 0.103 e. The molecule has 0 spiro atoms. The maximum atomic E-state index is 10.3. The third kappa shape index (κ3) is 21.6. The van der Waals surface area contributed by atoms with Crippen molar-refractivity contribution < 1.29 is 25.2 Å². The van der Waals surface area contributed by atoms with Crippen LogP contribution < -0.4 is 0 Å². The molecule has 0 aromatic heterocycles. The van der Waals surface area contributed by atoms with Gasteiger partial charge in [-0.2, -0.15) is 0 Å². The number of unbranched alkanes of at least 4 members (excludes halogenated alkanes) is 18. The first kappa shape index (κ1) is 34.8. The van der Waals surface area contributed by atoms with Gasteiger partial charge in [-0.3, -0.25) is 0 Å². The molecule has 4 N–H and O–H groups in total. The molecule has 0 saturated carbocycles. The van der Waals surface area contributed by atoms with Gasteiger partial charge in [0.15, 0.2) is 0 Å². The van der Waals surface area contributed by atoms with Crippen molar-refractivity contribution in [2.24, 2.45) is 0 Å². The lowest BCUT2D eigenvalue weighted by molar-refractivity contribution is -0.137. The van der Waals surface area contributed by atoms with E-state index in [1.165, 1.54) is 103 Å². The molecule has 4 atom stereocenters. The molecule has 5 nitrogen and oxygen atoms in total. The van der Waals surface area contributed by atoms with Gasteiger partial charge in [0.1, 0.15) is 12.2 Å². The fourth-order valence-corrected chi connectivity index (χ4v) is 4.83. The highest BCUT2D eigenvalue weighted by atomic mass is 16.5. The molecular formula is C30H62O5. The van der Waals surface area contributed by atoms with Gasteiger partial charge in [-0.15, -0.1) is 0 Å². The van der Waals surface area contributed by atoms with Crippen LogP contribution in [-0.2, 0) is 4.74 Å². The van der Waals surface area contributed by atoms with Crippen LogP contribution >= 0.6 is 0 Å². The maximum Gasteiger partial charge on any atom is 0.103 e. The normalized spacial score (nSPS) is 15.3. The number of hydrogen-bond donors (Lipinski definition) is 4. The van der Waals surface area contributed by atoms with E-state index < -0.39 is 24.4 Å². The van der Waals surface area contributed by atoms with Gasteiger partial charge >= 0.3 is 0 Å². The molecule has 0 aromatic carbocycles. The van der Waals surface area contributed by atoms with Crippen molar-refractivity contribution in [3.63, 3.8) is 0 Å². The summed E-state index contributed by atoms with van der Waals surface area (Å²) in [5.41, 5.74) is 0. The molecule has 0 saturated heterocycles. The third-order valence-corrected chi connectivity index (χ3v) is 7.27. The molecular weight excluding hydrogens is 440 g/mol. The summed E-state index contributed by atoms with van der Waals surface area (Å²) in [6.07, 6.45) is 23.4. The minimum atomic E-state index is -0.949. The first-order chi connectivity index (χ1) is 17.1. The molecule has 0 fully saturated rings. The number of rotatable bonds is 28. The van der Waals surface area contributed by atoms with Crippen molar-refractivity contribution in [2.45, 2.75) is 180 Å². The molecule has 0 rings (SSSR count). The van der Waals surface area contributed by atoms with Crippen molar-refractivity contribution in [3.8, 4) is 0 Å². The highest BCUT2D eigenvalue weighted by Gasteiger charge is 2.27. The summed E-state index contributed by atoms with van der Waals surface area (Å²) >= 11 is 0. The largest absolute Gasteiger partial charge is 0.394 e. The van der Waals surface area contributed by atoms with Gasteiger partial charge in [-0.25, -0.2) is 0 Å². The first-order valence-electron chi connectivity index (χ1n) is 15.3. The summed E-state index contributed by atoms with van der Waals surface area (Å²) in [5.74, 6) is 0. The Bertz CT molecular complexity index is 370. The molecule has 0 aliphatic heterocycles. The van der Waals surface area contributed by atoms with Crippen LogP contribution in [0.25, 0.3) is 0 Å². The Morgan fingerprint density at radius 3 is 0.943 bits per heavy atom. The predicted molar refractivity (Wildman–Crippen MR) is 148 cm³/mol. The SMILES string of the molecule is CCCCCCCCCCCCC(OC(CCCCCCCCCCCC)C(O)CO)C(O)CO.